The molecule has 4 nitrogen and oxygen atoms in total. The van der Waals surface area contributed by atoms with E-state index in [1.165, 1.54) is 6.07 Å². The van der Waals surface area contributed by atoms with Gasteiger partial charge in [-0.25, -0.2) is 13.1 Å². The Hall–Kier alpha value is -1.51. The molecule has 0 aromatic heterocycles. The summed E-state index contributed by atoms with van der Waals surface area (Å²) in [6, 6.07) is 4.83. The van der Waals surface area contributed by atoms with Crippen LogP contribution < -0.4 is 10.5 Å². The van der Waals surface area contributed by atoms with Gasteiger partial charge in [-0.15, -0.1) is 11.8 Å². The molecule has 0 aliphatic rings. The number of nitrogen functional groups attached to an aromatic ring is 1. The monoisotopic (exact) mass is 252 g/mol. The molecule has 1 aromatic rings. The molecule has 0 bridgehead atoms. The third-order valence-electron chi connectivity index (χ3n) is 2.22. The van der Waals surface area contributed by atoms with Crippen LogP contribution in [-0.2, 0) is 10.0 Å². The van der Waals surface area contributed by atoms with Gasteiger partial charge in [0.15, 0.2) is 0 Å². The largest absolute Gasteiger partial charge is 0.399 e. The second kappa shape index (κ2) is 5.71. The lowest BCUT2D eigenvalue weighted by atomic mass is 10.2. The molecule has 5 heteroatoms. The summed E-state index contributed by atoms with van der Waals surface area (Å²) in [4.78, 5) is 0.224. The Kier molecular flexibility index (Phi) is 4.55. The highest BCUT2D eigenvalue weighted by Gasteiger charge is 2.15. The number of benzene rings is 1. The van der Waals surface area contributed by atoms with Crippen LogP contribution in [0.1, 0.15) is 18.9 Å². The van der Waals surface area contributed by atoms with Gasteiger partial charge in [-0.3, -0.25) is 0 Å². The molecule has 0 fully saturated rings. The van der Waals surface area contributed by atoms with Gasteiger partial charge < -0.3 is 5.73 Å². The van der Waals surface area contributed by atoms with E-state index in [-0.39, 0.29) is 4.90 Å². The van der Waals surface area contributed by atoms with Crippen LogP contribution in [0.5, 0.6) is 0 Å². The number of hydrogen-bond acceptors (Lipinski definition) is 3. The van der Waals surface area contributed by atoms with Crippen molar-refractivity contribution in [3.63, 3.8) is 0 Å². The first kappa shape index (κ1) is 13.6. The van der Waals surface area contributed by atoms with E-state index in [9.17, 15) is 8.42 Å². The molecule has 0 atom stereocenters. The minimum atomic E-state index is -3.49. The normalized spacial score (nSPS) is 10.7. The van der Waals surface area contributed by atoms with Crippen LogP contribution >= 0.6 is 0 Å². The average Bonchev–Trinajstić information content (AvgIpc) is 2.28. The molecule has 1 rings (SSSR count). The third-order valence-corrected chi connectivity index (χ3v) is 3.82. The Morgan fingerprint density at radius 3 is 2.76 bits per heavy atom. The molecule has 0 radical (unpaired) electrons. The first-order valence-electron chi connectivity index (χ1n) is 5.23. The Bertz CT molecular complexity index is 554. The summed E-state index contributed by atoms with van der Waals surface area (Å²) in [5.74, 6) is 5.51. The maximum absolute atomic E-state index is 12.0. The van der Waals surface area contributed by atoms with Gasteiger partial charge in [0.05, 0.1) is 4.90 Å². The van der Waals surface area contributed by atoms with E-state index < -0.39 is 10.0 Å². The van der Waals surface area contributed by atoms with Crippen LogP contribution in [0.4, 0.5) is 5.69 Å². The van der Waals surface area contributed by atoms with Crippen LogP contribution in [0.2, 0.25) is 0 Å². The zero-order chi connectivity index (χ0) is 12.9. The van der Waals surface area contributed by atoms with E-state index in [2.05, 4.69) is 16.6 Å². The van der Waals surface area contributed by atoms with Crippen molar-refractivity contribution in [1.29, 1.82) is 0 Å². The molecule has 0 heterocycles. The minimum absolute atomic E-state index is 0.224. The Balaban J connectivity index is 2.88. The summed E-state index contributed by atoms with van der Waals surface area (Å²) in [7, 11) is -3.49. The summed E-state index contributed by atoms with van der Waals surface area (Å²) < 4.78 is 26.4. The Morgan fingerprint density at radius 1 is 1.41 bits per heavy atom. The fourth-order valence-corrected chi connectivity index (χ4v) is 2.67. The number of hydrogen-bond donors (Lipinski definition) is 2. The lowest BCUT2D eigenvalue weighted by Gasteiger charge is -2.08. The summed E-state index contributed by atoms with van der Waals surface area (Å²) >= 11 is 0. The summed E-state index contributed by atoms with van der Waals surface area (Å²) in [6.07, 6.45) is 0.497. The number of nitrogens with two attached hydrogens (primary N) is 1. The van der Waals surface area contributed by atoms with Gasteiger partial charge >= 0.3 is 0 Å². The van der Waals surface area contributed by atoms with Crippen LogP contribution in [0, 0.1) is 18.8 Å². The maximum Gasteiger partial charge on any atom is 0.240 e. The fourth-order valence-electron chi connectivity index (χ4n) is 1.36. The summed E-state index contributed by atoms with van der Waals surface area (Å²) in [6.45, 7) is 3.76. The SMILES string of the molecule is CC#CCCNS(=O)(=O)c1cc(N)ccc1C. The molecule has 17 heavy (non-hydrogen) atoms. The van der Waals surface area contributed by atoms with Gasteiger partial charge in [-0.2, -0.15) is 0 Å². The standard InChI is InChI=1S/C12H16N2O2S/c1-3-4-5-8-14-17(15,16)12-9-11(13)7-6-10(12)2/h6-7,9,14H,5,8,13H2,1-2H3. The summed E-state index contributed by atoms with van der Waals surface area (Å²) in [5, 5.41) is 0. The van der Waals surface area contributed by atoms with Crippen LogP contribution in [0.25, 0.3) is 0 Å². The molecule has 3 N–H and O–H groups in total. The van der Waals surface area contributed by atoms with Gasteiger partial charge in [0, 0.05) is 18.7 Å². The maximum atomic E-state index is 12.0. The topological polar surface area (TPSA) is 72.2 Å². The molecule has 0 amide bonds. The zero-order valence-corrected chi connectivity index (χ0v) is 10.8. The second-order valence-electron chi connectivity index (χ2n) is 3.60. The molecule has 0 unspecified atom stereocenters. The highest BCUT2D eigenvalue weighted by molar-refractivity contribution is 7.89. The van der Waals surface area contributed by atoms with E-state index in [4.69, 9.17) is 5.73 Å². The molecule has 1 aromatic carbocycles. The molecule has 92 valence electrons. The van der Waals surface area contributed by atoms with Crippen LogP contribution in [0.15, 0.2) is 23.1 Å². The number of sulfonamides is 1. The van der Waals surface area contributed by atoms with Gasteiger partial charge in [0.1, 0.15) is 0 Å². The lowest BCUT2D eigenvalue weighted by molar-refractivity contribution is 0.582. The Labute approximate surface area is 102 Å². The van der Waals surface area contributed by atoms with Crippen molar-refractivity contribution in [2.45, 2.75) is 25.2 Å². The molecule has 0 aliphatic carbocycles. The van der Waals surface area contributed by atoms with E-state index in [0.717, 1.165) is 0 Å². The van der Waals surface area contributed by atoms with E-state index in [0.29, 0.717) is 24.2 Å². The average molecular weight is 252 g/mol. The van der Waals surface area contributed by atoms with Gasteiger partial charge in [0.25, 0.3) is 0 Å². The van der Waals surface area contributed by atoms with Gasteiger partial charge in [0.2, 0.25) is 10.0 Å². The van der Waals surface area contributed by atoms with E-state index in [1.54, 1.807) is 26.0 Å². The van der Waals surface area contributed by atoms with E-state index in [1.807, 2.05) is 0 Å². The van der Waals surface area contributed by atoms with Crippen LogP contribution in [0.3, 0.4) is 0 Å². The molecular formula is C12H16N2O2S. The van der Waals surface area contributed by atoms with Crippen molar-refractivity contribution in [1.82, 2.24) is 4.72 Å². The highest BCUT2D eigenvalue weighted by Crippen LogP contribution is 2.17. The van der Waals surface area contributed by atoms with Crippen LogP contribution in [-0.4, -0.2) is 15.0 Å². The predicted octanol–water partition coefficient (Wildman–Crippen LogP) is 1.27. The smallest absolute Gasteiger partial charge is 0.240 e. The summed E-state index contributed by atoms with van der Waals surface area (Å²) in [5.41, 5.74) is 6.69. The highest BCUT2D eigenvalue weighted by atomic mass is 32.2. The van der Waals surface area contributed by atoms with Crippen molar-refractivity contribution in [3.05, 3.63) is 23.8 Å². The van der Waals surface area contributed by atoms with Gasteiger partial charge in [-0.1, -0.05) is 6.07 Å². The molecule has 0 saturated heterocycles. The Morgan fingerprint density at radius 2 is 2.12 bits per heavy atom. The molecule has 0 saturated carbocycles. The lowest BCUT2D eigenvalue weighted by Crippen LogP contribution is -2.25. The first-order valence-corrected chi connectivity index (χ1v) is 6.71. The number of rotatable bonds is 4. The van der Waals surface area contributed by atoms with Crippen molar-refractivity contribution in [3.8, 4) is 11.8 Å². The third kappa shape index (κ3) is 3.77. The van der Waals surface area contributed by atoms with Crippen molar-refractivity contribution >= 4 is 15.7 Å². The number of anilines is 1. The zero-order valence-electron chi connectivity index (χ0n) is 9.95. The first-order chi connectivity index (χ1) is 7.97. The predicted molar refractivity (Wildman–Crippen MR) is 68.8 cm³/mol. The second-order valence-corrected chi connectivity index (χ2v) is 5.33. The molecule has 0 spiro atoms. The van der Waals surface area contributed by atoms with Crippen molar-refractivity contribution in [2.75, 3.05) is 12.3 Å². The number of nitrogens with one attached hydrogen (secondary N) is 1. The quantitative estimate of drug-likeness (QED) is 0.481. The molecule has 0 aliphatic heterocycles. The van der Waals surface area contributed by atoms with Crippen molar-refractivity contribution in [2.24, 2.45) is 0 Å². The fraction of sp³-hybridized carbons (Fsp3) is 0.333. The van der Waals surface area contributed by atoms with Gasteiger partial charge in [-0.05, 0) is 31.5 Å². The molecular weight excluding hydrogens is 236 g/mol. The van der Waals surface area contributed by atoms with E-state index >= 15 is 0 Å². The number of aryl methyl sites for hydroxylation is 1. The minimum Gasteiger partial charge on any atom is -0.399 e. The van der Waals surface area contributed by atoms with Crippen molar-refractivity contribution < 1.29 is 8.42 Å².